The van der Waals surface area contributed by atoms with Gasteiger partial charge in [-0.2, -0.15) is 0 Å². The number of aryl methyl sites for hydroxylation is 1. The van der Waals surface area contributed by atoms with E-state index in [-0.39, 0.29) is 23.2 Å². The molecule has 4 rings (SSSR count). The zero-order valence-corrected chi connectivity index (χ0v) is 20.6. The lowest BCUT2D eigenvalue weighted by atomic mass is 9.86. The standard InChI is InChI=1S/C29H29NO5/c1-18-6-15-24-23(16-18)26(32)28(27(35-24)19-7-9-20(10-8-19)29(2,3)4)34-17-25(31)30-21-11-13-22(33-5)14-12-21/h6-16H,17H2,1-5H3,(H,30,31). The van der Waals surface area contributed by atoms with E-state index in [1.807, 2.05) is 37.3 Å². The van der Waals surface area contributed by atoms with Gasteiger partial charge in [0.1, 0.15) is 11.3 Å². The molecule has 1 amide bonds. The van der Waals surface area contributed by atoms with Gasteiger partial charge in [0.25, 0.3) is 5.91 Å². The number of nitrogens with one attached hydrogen (secondary N) is 1. The molecule has 0 fully saturated rings. The molecule has 1 heterocycles. The zero-order valence-electron chi connectivity index (χ0n) is 20.6. The molecule has 1 aromatic heterocycles. The Morgan fingerprint density at radius 2 is 1.66 bits per heavy atom. The van der Waals surface area contributed by atoms with E-state index in [4.69, 9.17) is 13.9 Å². The first-order chi connectivity index (χ1) is 16.7. The van der Waals surface area contributed by atoms with E-state index in [1.54, 1.807) is 43.5 Å². The van der Waals surface area contributed by atoms with E-state index in [0.717, 1.165) is 11.1 Å². The smallest absolute Gasteiger partial charge is 0.262 e. The molecule has 6 nitrogen and oxygen atoms in total. The number of benzene rings is 3. The van der Waals surface area contributed by atoms with Crippen molar-refractivity contribution >= 4 is 22.6 Å². The van der Waals surface area contributed by atoms with Gasteiger partial charge in [-0.1, -0.05) is 56.7 Å². The number of amides is 1. The summed E-state index contributed by atoms with van der Waals surface area (Å²) in [6.45, 7) is 7.96. The monoisotopic (exact) mass is 471 g/mol. The Labute approximate surface area is 204 Å². The minimum absolute atomic E-state index is 0.0106. The third kappa shape index (κ3) is 5.38. The van der Waals surface area contributed by atoms with Gasteiger partial charge in [0.15, 0.2) is 12.4 Å². The van der Waals surface area contributed by atoms with E-state index in [2.05, 4.69) is 26.1 Å². The maximum Gasteiger partial charge on any atom is 0.262 e. The van der Waals surface area contributed by atoms with Crippen LogP contribution in [0.5, 0.6) is 11.5 Å². The van der Waals surface area contributed by atoms with Gasteiger partial charge in [0, 0.05) is 11.3 Å². The Morgan fingerprint density at radius 3 is 2.29 bits per heavy atom. The largest absolute Gasteiger partial charge is 0.497 e. The van der Waals surface area contributed by atoms with Crippen molar-refractivity contribution < 1.29 is 18.7 Å². The van der Waals surface area contributed by atoms with Crippen LogP contribution in [0.2, 0.25) is 0 Å². The van der Waals surface area contributed by atoms with E-state index in [9.17, 15) is 9.59 Å². The second-order valence-electron chi connectivity index (χ2n) is 9.48. The number of fused-ring (bicyclic) bond motifs is 1. The summed E-state index contributed by atoms with van der Waals surface area (Å²) in [6, 6.07) is 20.2. The number of carbonyl (C=O) groups excluding carboxylic acids is 1. The van der Waals surface area contributed by atoms with Crippen LogP contribution in [0.15, 0.2) is 75.9 Å². The number of rotatable bonds is 6. The summed E-state index contributed by atoms with van der Waals surface area (Å²) in [7, 11) is 1.58. The van der Waals surface area contributed by atoms with Crippen molar-refractivity contribution in [2.45, 2.75) is 33.1 Å². The number of methoxy groups -OCH3 is 1. The lowest BCUT2D eigenvalue weighted by Gasteiger charge is -2.19. The molecule has 0 bridgehead atoms. The number of anilines is 1. The molecule has 0 atom stereocenters. The second-order valence-corrected chi connectivity index (χ2v) is 9.48. The van der Waals surface area contributed by atoms with Crippen LogP contribution < -0.4 is 20.2 Å². The Morgan fingerprint density at radius 1 is 0.971 bits per heavy atom. The van der Waals surface area contributed by atoms with Gasteiger partial charge in [-0.15, -0.1) is 0 Å². The van der Waals surface area contributed by atoms with Crippen molar-refractivity contribution in [2.24, 2.45) is 0 Å². The van der Waals surface area contributed by atoms with E-state index in [1.165, 1.54) is 0 Å². The molecule has 0 unspecified atom stereocenters. The minimum atomic E-state index is -0.395. The van der Waals surface area contributed by atoms with Crippen LogP contribution in [0.25, 0.3) is 22.3 Å². The Balaban J connectivity index is 1.67. The van der Waals surface area contributed by atoms with Gasteiger partial charge in [-0.3, -0.25) is 9.59 Å². The molecule has 4 aromatic rings. The molecular formula is C29H29NO5. The first-order valence-corrected chi connectivity index (χ1v) is 11.4. The molecule has 6 heteroatoms. The van der Waals surface area contributed by atoms with Crippen LogP contribution in [-0.2, 0) is 10.2 Å². The van der Waals surface area contributed by atoms with Gasteiger partial charge < -0.3 is 19.2 Å². The predicted octanol–water partition coefficient (Wildman–Crippen LogP) is 6.09. The van der Waals surface area contributed by atoms with Gasteiger partial charge in [-0.25, -0.2) is 0 Å². The molecule has 0 saturated carbocycles. The normalized spacial score (nSPS) is 11.3. The maximum absolute atomic E-state index is 13.4. The summed E-state index contributed by atoms with van der Waals surface area (Å²) in [4.78, 5) is 26.0. The maximum atomic E-state index is 13.4. The highest BCUT2D eigenvalue weighted by Crippen LogP contribution is 2.33. The predicted molar refractivity (Wildman–Crippen MR) is 138 cm³/mol. The third-order valence-electron chi connectivity index (χ3n) is 5.74. The van der Waals surface area contributed by atoms with E-state index in [0.29, 0.717) is 33.7 Å². The van der Waals surface area contributed by atoms with Crippen molar-refractivity contribution in [3.05, 3.63) is 88.1 Å². The quantitative estimate of drug-likeness (QED) is 0.368. The lowest BCUT2D eigenvalue weighted by Crippen LogP contribution is -2.22. The highest BCUT2D eigenvalue weighted by atomic mass is 16.5. The second kappa shape index (κ2) is 9.66. The molecule has 0 saturated heterocycles. The molecular weight excluding hydrogens is 442 g/mol. The minimum Gasteiger partial charge on any atom is -0.497 e. The van der Waals surface area contributed by atoms with Crippen LogP contribution in [-0.4, -0.2) is 19.6 Å². The van der Waals surface area contributed by atoms with Crippen LogP contribution in [0.4, 0.5) is 5.69 Å². The van der Waals surface area contributed by atoms with Crippen molar-refractivity contribution in [1.82, 2.24) is 0 Å². The summed E-state index contributed by atoms with van der Waals surface area (Å²) in [5, 5.41) is 3.17. The van der Waals surface area contributed by atoms with E-state index < -0.39 is 5.91 Å². The molecule has 0 aliphatic rings. The number of carbonyl (C=O) groups is 1. The van der Waals surface area contributed by atoms with E-state index >= 15 is 0 Å². The lowest BCUT2D eigenvalue weighted by molar-refractivity contribution is -0.118. The van der Waals surface area contributed by atoms with Crippen LogP contribution in [0, 0.1) is 6.92 Å². The van der Waals surface area contributed by atoms with Crippen LogP contribution in [0.1, 0.15) is 31.9 Å². The molecule has 0 aliphatic heterocycles. The Hall–Kier alpha value is -4.06. The Kier molecular flexibility index (Phi) is 6.65. The van der Waals surface area contributed by atoms with Gasteiger partial charge in [-0.05, 0) is 54.3 Å². The molecule has 0 aliphatic carbocycles. The molecule has 0 radical (unpaired) electrons. The molecule has 35 heavy (non-hydrogen) atoms. The van der Waals surface area contributed by atoms with Crippen molar-refractivity contribution in [3.63, 3.8) is 0 Å². The fraction of sp³-hybridized carbons (Fsp3) is 0.241. The summed E-state index contributed by atoms with van der Waals surface area (Å²) in [5.41, 5.74) is 3.50. The topological polar surface area (TPSA) is 77.8 Å². The molecule has 3 aromatic carbocycles. The highest BCUT2D eigenvalue weighted by Gasteiger charge is 2.20. The summed E-state index contributed by atoms with van der Waals surface area (Å²) in [5.74, 6) is 0.596. The fourth-order valence-corrected chi connectivity index (χ4v) is 3.74. The fourth-order valence-electron chi connectivity index (χ4n) is 3.74. The number of hydrogen-bond acceptors (Lipinski definition) is 5. The highest BCUT2D eigenvalue weighted by molar-refractivity contribution is 5.92. The zero-order chi connectivity index (χ0) is 25.2. The van der Waals surface area contributed by atoms with Crippen molar-refractivity contribution in [1.29, 1.82) is 0 Å². The van der Waals surface area contributed by atoms with Gasteiger partial charge in [0.05, 0.1) is 12.5 Å². The van der Waals surface area contributed by atoms with Crippen LogP contribution >= 0.6 is 0 Å². The summed E-state index contributed by atoms with van der Waals surface area (Å²) >= 11 is 0. The van der Waals surface area contributed by atoms with Crippen LogP contribution in [0.3, 0.4) is 0 Å². The van der Waals surface area contributed by atoms with Gasteiger partial charge >= 0.3 is 0 Å². The third-order valence-corrected chi connectivity index (χ3v) is 5.74. The molecule has 1 N–H and O–H groups in total. The van der Waals surface area contributed by atoms with Crippen molar-refractivity contribution in [2.75, 3.05) is 19.0 Å². The number of ether oxygens (including phenoxy) is 2. The molecule has 180 valence electrons. The molecule has 0 spiro atoms. The summed E-state index contributed by atoms with van der Waals surface area (Å²) in [6.07, 6.45) is 0. The van der Waals surface area contributed by atoms with Crippen molar-refractivity contribution in [3.8, 4) is 22.8 Å². The number of hydrogen-bond donors (Lipinski definition) is 1. The first kappa shape index (κ1) is 24.1. The average Bonchev–Trinajstić information content (AvgIpc) is 2.83. The SMILES string of the molecule is COc1ccc(NC(=O)COc2c(-c3ccc(C(C)(C)C)cc3)oc3ccc(C)cc3c2=O)cc1. The summed E-state index contributed by atoms with van der Waals surface area (Å²) < 4.78 is 17.1. The Bertz CT molecular complexity index is 1410. The van der Waals surface area contributed by atoms with Gasteiger partial charge in [0.2, 0.25) is 11.2 Å². The first-order valence-electron chi connectivity index (χ1n) is 11.4. The average molecular weight is 472 g/mol.